The first-order valence-electron chi connectivity index (χ1n) is 4.55. The van der Waals surface area contributed by atoms with Crippen molar-refractivity contribution in [2.75, 3.05) is 0 Å². The van der Waals surface area contributed by atoms with Crippen LogP contribution in [0.15, 0.2) is 48.8 Å². The topological polar surface area (TPSA) is 25.8 Å². The molecule has 0 fully saturated rings. The van der Waals surface area contributed by atoms with E-state index in [0.717, 1.165) is 11.4 Å². The van der Waals surface area contributed by atoms with Gasteiger partial charge in [-0.15, -0.1) is 0 Å². The molecule has 4 radical (unpaired) electrons. The van der Waals surface area contributed by atoms with E-state index in [4.69, 9.17) is 0 Å². The molecular weight excluding hydrogens is 613 g/mol. The minimum atomic E-state index is -0.896. The molecule has 2 aromatic rings. The predicted octanol–water partition coefficient (Wildman–Crippen LogP) is 4.76. The van der Waals surface area contributed by atoms with E-state index in [1.807, 2.05) is 51.1 Å². The van der Waals surface area contributed by atoms with Gasteiger partial charge < -0.3 is 0 Å². The molecule has 0 spiro atoms. The summed E-state index contributed by atoms with van der Waals surface area (Å²) in [6.45, 7) is 0. The summed E-state index contributed by atoms with van der Waals surface area (Å²) in [5.74, 6) is 0. The van der Waals surface area contributed by atoms with E-state index < -0.39 is 8.82 Å². The van der Waals surface area contributed by atoms with E-state index in [1.165, 1.54) is 0 Å². The van der Waals surface area contributed by atoms with Crippen LogP contribution in [0, 0.1) is 0 Å². The maximum absolute atomic E-state index is 4.19. The van der Waals surface area contributed by atoms with E-state index >= 15 is 0 Å². The number of halogens is 4. The molecule has 0 amide bonds. The fourth-order valence-corrected chi connectivity index (χ4v) is 1.03. The van der Waals surface area contributed by atoms with Crippen LogP contribution in [0.4, 0.5) is 0 Å². The second kappa shape index (κ2) is 13.3. The Labute approximate surface area is 148 Å². The molecule has 18 heavy (non-hydrogen) atoms. The average molecular weight is 621 g/mol. The molecule has 0 aliphatic heterocycles. The van der Waals surface area contributed by atoms with Gasteiger partial charge in [-0.1, -0.05) is 12.1 Å². The first-order chi connectivity index (χ1) is 8.70. The molecule has 0 aromatic carbocycles. The molecule has 94 valence electrons. The van der Waals surface area contributed by atoms with Gasteiger partial charge in [-0.2, -0.15) is 0 Å². The molecule has 8 heteroatoms. The molecule has 0 N–H and O–H groups in total. The molecule has 2 heterocycles. The molecule has 2 aromatic heterocycles. The maximum Gasteiger partial charge on any atom is 0.0886 e. The number of hydrogen-bond donors (Lipinski definition) is 0. The summed E-state index contributed by atoms with van der Waals surface area (Å²) >= 11 is 14.6. The summed E-state index contributed by atoms with van der Waals surface area (Å²) in [6.07, 6.45) is 3.54. The third-order valence-corrected chi connectivity index (χ3v) is 1.59. The van der Waals surface area contributed by atoms with Crippen LogP contribution in [-0.4, -0.2) is 33.5 Å². The molecule has 0 saturated heterocycles. The van der Waals surface area contributed by atoms with Gasteiger partial charge in [0.25, 0.3) is 0 Å². The van der Waals surface area contributed by atoms with Gasteiger partial charge in [0.15, 0.2) is 0 Å². The predicted molar refractivity (Wildman–Crippen MR) is 94.7 cm³/mol. The molecule has 0 saturated carbocycles. The van der Waals surface area contributed by atoms with Crippen LogP contribution >= 0.6 is 56.0 Å². The Morgan fingerprint density at radius 3 is 1.33 bits per heavy atom. The normalized spacial score (nSPS) is 8.78. The SMILES string of the molecule is [Br][Ge]([Br])[Br].[Ge][Br].c1ccc(-c2ccccn2)nc1. The van der Waals surface area contributed by atoms with Crippen LogP contribution < -0.4 is 0 Å². The van der Waals surface area contributed by atoms with E-state index in [0.29, 0.717) is 0 Å². The van der Waals surface area contributed by atoms with Crippen molar-refractivity contribution in [3.05, 3.63) is 48.8 Å². The first-order valence-corrected chi connectivity index (χ1v) is 24.2. The standard InChI is InChI=1S/C10H8N2.Br3Ge.BrGe/c1-3-7-11-9(5-1)10-6-2-4-8-12-10;1-4(2)3;1-2/h1-8H;;. The quantitative estimate of drug-likeness (QED) is 0.430. The van der Waals surface area contributed by atoms with Gasteiger partial charge in [-0.05, 0) is 24.3 Å². The summed E-state index contributed by atoms with van der Waals surface area (Å²) < 4.78 is 0. The van der Waals surface area contributed by atoms with Gasteiger partial charge in [0.05, 0.1) is 11.4 Å². The van der Waals surface area contributed by atoms with Crippen LogP contribution in [0.1, 0.15) is 0 Å². The van der Waals surface area contributed by atoms with Crippen molar-refractivity contribution < 1.29 is 0 Å². The van der Waals surface area contributed by atoms with Crippen molar-refractivity contribution in [2.45, 2.75) is 0 Å². The third kappa shape index (κ3) is 10.1. The van der Waals surface area contributed by atoms with Crippen LogP contribution in [0.25, 0.3) is 11.4 Å². The van der Waals surface area contributed by atoms with Gasteiger partial charge in [-0.3, -0.25) is 9.97 Å². The molecule has 2 nitrogen and oxygen atoms in total. The third-order valence-electron chi connectivity index (χ3n) is 1.59. The number of hydrogen-bond acceptors (Lipinski definition) is 2. The minimum Gasteiger partial charge on any atom is -0.255 e. The largest absolute Gasteiger partial charge is 0.255 e. The summed E-state index contributed by atoms with van der Waals surface area (Å²) in [5, 5.41) is 0. The number of rotatable bonds is 1. The van der Waals surface area contributed by atoms with Gasteiger partial charge >= 0.3 is 79.5 Å². The molecular formula is C10H8Br4Ge2N2. The van der Waals surface area contributed by atoms with Gasteiger partial charge in [-0.25, -0.2) is 0 Å². The smallest absolute Gasteiger partial charge is 0.0886 e. The van der Waals surface area contributed by atoms with Crippen molar-refractivity contribution >= 4 is 79.5 Å². The van der Waals surface area contributed by atoms with Gasteiger partial charge in [0.1, 0.15) is 0 Å². The Morgan fingerprint density at radius 1 is 0.778 bits per heavy atom. The van der Waals surface area contributed by atoms with Crippen LogP contribution in [0.2, 0.25) is 0 Å². The van der Waals surface area contributed by atoms with Crippen LogP contribution in [-0.2, 0) is 0 Å². The maximum atomic E-state index is 4.19. The Hall–Kier alpha value is 1.31. The Bertz CT molecular complexity index is 363. The van der Waals surface area contributed by atoms with Crippen LogP contribution in [0.3, 0.4) is 0 Å². The summed E-state index contributed by atoms with van der Waals surface area (Å²) in [7, 11) is -0.896. The van der Waals surface area contributed by atoms with Crippen molar-refractivity contribution in [1.29, 1.82) is 0 Å². The zero-order valence-electron chi connectivity index (χ0n) is 9.03. The summed E-state index contributed by atoms with van der Waals surface area (Å²) in [6, 6.07) is 11.6. The fraction of sp³-hybridized carbons (Fsp3) is 0. The first kappa shape index (κ1) is 19.3. The molecule has 0 unspecified atom stereocenters. The molecule has 0 bridgehead atoms. The number of nitrogens with zero attached hydrogens (tertiary/aromatic N) is 2. The Kier molecular flexibility index (Phi) is 14.3. The van der Waals surface area contributed by atoms with Crippen LogP contribution in [0.5, 0.6) is 0 Å². The molecule has 0 aliphatic rings. The van der Waals surface area contributed by atoms with Gasteiger partial charge in [0, 0.05) is 12.4 Å². The van der Waals surface area contributed by atoms with E-state index in [-0.39, 0.29) is 0 Å². The zero-order chi connectivity index (χ0) is 13.8. The van der Waals surface area contributed by atoms with E-state index in [9.17, 15) is 0 Å². The van der Waals surface area contributed by atoms with Crippen molar-refractivity contribution in [3.8, 4) is 11.4 Å². The molecule has 0 aliphatic carbocycles. The number of aromatic nitrogens is 2. The van der Waals surface area contributed by atoms with Crippen molar-refractivity contribution in [3.63, 3.8) is 0 Å². The minimum absolute atomic E-state index is 0.896. The van der Waals surface area contributed by atoms with Crippen molar-refractivity contribution in [1.82, 2.24) is 9.97 Å². The molecule has 0 atom stereocenters. The second-order valence-electron chi connectivity index (χ2n) is 2.64. The van der Waals surface area contributed by atoms with E-state index in [1.54, 1.807) is 12.4 Å². The molecule has 2 rings (SSSR count). The monoisotopic (exact) mass is 620 g/mol. The summed E-state index contributed by atoms with van der Waals surface area (Å²) in [5.41, 5.74) is 1.83. The second-order valence-corrected chi connectivity index (χ2v) is 32.5. The Balaban J connectivity index is 0.000000415. The zero-order valence-corrected chi connectivity index (χ0v) is 19.6. The number of pyridine rings is 2. The fourth-order valence-electron chi connectivity index (χ4n) is 1.03. The summed E-state index contributed by atoms with van der Waals surface area (Å²) in [4.78, 5) is 8.37. The van der Waals surface area contributed by atoms with E-state index in [2.05, 4.69) is 66.0 Å². The Morgan fingerprint density at radius 2 is 1.11 bits per heavy atom. The van der Waals surface area contributed by atoms with Gasteiger partial charge in [0.2, 0.25) is 0 Å². The average Bonchev–Trinajstić information content (AvgIpc) is 2.42. The van der Waals surface area contributed by atoms with Crippen molar-refractivity contribution in [2.24, 2.45) is 0 Å².